The Kier molecular flexibility index (Phi) is 7.88. The van der Waals surface area contributed by atoms with Crippen molar-refractivity contribution in [3.8, 4) is 45.4 Å². The average molecular weight is 857 g/mol. The fourth-order valence-electron chi connectivity index (χ4n) is 10.8. The molecule has 0 saturated carbocycles. The molecule has 14 rings (SSSR count). The van der Waals surface area contributed by atoms with Gasteiger partial charge in [-0.15, -0.1) is 11.3 Å². The highest BCUT2D eigenvalue weighted by Crippen LogP contribution is 2.45. The molecule has 4 heterocycles. The van der Waals surface area contributed by atoms with E-state index in [1.165, 1.54) is 69.0 Å². The quantitative estimate of drug-likeness (QED) is 0.170. The van der Waals surface area contributed by atoms with Crippen molar-refractivity contribution in [3.63, 3.8) is 0 Å². The number of hydrogen-bond acceptors (Lipinski definition) is 2. The molecule has 0 aliphatic carbocycles. The van der Waals surface area contributed by atoms with Gasteiger partial charge >= 0.3 is 0 Å². The maximum atomic E-state index is 9.79. The number of nitrogens with zero attached hydrogens (tertiary/aromatic N) is 4. The summed E-state index contributed by atoms with van der Waals surface area (Å²) >= 11 is 1.86. The number of aromatic nitrogens is 3. The highest BCUT2D eigenvalue weighted by molar-refractivity contribution is 7.25. The summed E-state index contributed by atoms with van der Waals surface area (Å²) in [5, 5.41) is 19.7. The molecule has 0 saturated heterocycles. The van der Waals surface area contributed by atoms with Crippen molar-refractivity contribution in [2.45, 2.75) is 0 Å². The minimum Gasteiger partial charge on any atom is -0.309 e. The van der Waals surface area contributed by atoms with Crippen LogP contribution in [0, 0.1) is 11.3 Å². The number of benzene rings is 10. The van der Waals surface area contributed by atoms with Gasteiger partial charge in [0.1, 0.15) is 0 Å². The molecule has 0 radical (unpaired) electrons. The Morgan fingerprint density at radius 1 is 0.318 bits per heavy atom. The van der Waals surface area contributed by atoms with E-state index in [1.807, 2.05) is 29.5 Å². The Morgan fingerprint density at radius 2 is 0.909 bits per heavy atom. The molecule has 0 unspecified atom stereocenters. The van der Waals surface area contributed by atoms with Crippen LogP contribution in [0.15, 0.2) is 218 Å². The lowest BCUT2D eigenvalue weighted by molar-refractivity contribution is 1.13. The number of thiophene rings is 1. The molecule has 0 aliphatic heterocycles. The van der Waals surface area contributed by atoms with Crippen LogP contribution in [-0.2, 0) is 0 Å². The van der Waals surface area contributed by atoms with Crippen molar-refractivity contribution in [2.24, 2.45) is 0 Å². The summed E-state index contributed by atoms with van der Waals surface area (Å²) in [6.45, 7) is 0. The molecule has 10 aromatic carbocycles. The minimum absolute atomic E-state index is 0.646. The van der Waals surface area contributed by atoms with Crippen LogP contribution in [0.4, 0.5) is 0 Å². The first-order chi connectivity index (χ1) is 32.7. The van der Waals surface area contributed by atoms with Crippen LogP contribution < -0.4 is 0 Å². The number of para-hydroxylation sites is 4. The molecular formula is C61H36N4S. The van der Waals surface area contributed by atoms with Gasteiger partial charge in [-0.05, 0) is 113 Å². The topological polar surface area (TPSA) is 38.6 Å². The standard InChI is InChI=1S/C61H36N4S/c62-37-38-14-12-15-39(30-38)40-16-13-17-41(31-40)42-32-44(34-45(33-42)64-53-24-8-5-21-47(53)51-35-52-48-22-7-11-27-58(48)66-59(52)36-57(51)64)63-55-26-10-6-23-50(55)60-56(63)29-28-49-46-20-4-9-25-54(46)65(61(49)60)43-18-2-1-3-19-43/h1-36H. The van der Waals surface area contributed by atoms with Crippen LogP contribution in [0.3, 0.4) is 0 Å². The predicted octanol–water partition coefficient (Wildman–Crippen LogP) is 16.6. The third-order valence-electron chi connectivity index (χ3n) is 13.6. The van der Waals surface area contributed by atoms with Gasteiger partial charge in [-0.2, -0.15) is 5.26 Å². The van der Waals surface area contributed by atoms with Crippen molar-refractivity contribution >= 4 is 96.9 Å². The molecule has 0 bridgehead atoms. The third kappa shape index (κ3) is 5.37. The monoisotopic (exact) mass is 856 g/mol. The first-order valence-electron chi connectivity index (χ1n) is 22.3. The molecule has 0 N–H and O–H groups in total. The summed E-state index contributed by atoms with van der Waals surface area (Å²) in [7, 11) is 0. The maximum absolute atomic E-state index is 9.79. The molecule has 306 valence electrons. The first kappa shape index (κ1) is 36.8. The molecule has 66 heavy (non-hydrogen) atoms. The highest BCUT2D eigenvalue weighted by atomic mass is 32.1. The number of nitriles is 1. The minimum atomic E-state index is 0.646. The van der Waals surface area contributed by atoms with Crippen molar-refractivity contribution in [2.75, 3.05) is 0 Å². The fourth-order valence-corrected chi connectivity index (χ4v) is 11.9. The Labute approximate surface area is 383 Å². The number of fused-ring (bicyclic) bond motifs is 13. The Hall–Kier alpha value is -8.69. The van der Waals surface area contributed by atoms with Gasteiger partial charge in [-0.25, -0.2) is 0 Å². The molecule has 4 nitrogen and oxygen atoms in total. The second-order valence-corrected chi connectivity index (χ2v) is 18.3. The second kappa shape index (κ2) is 14.2. The van der Waals surface area contributed by atoms with Crippen molar-refractivity contribution in [1.82, 2.24) is 13.7 Å². The molecule has 0 atom stereocenters. The molecule has 0 aliphatic rings. The van der Waals surface area contributed by atoms with Gasteiger partial charge in [-0.3, -0.25) is 0 Å². The van der Waals surface area contributed by atoms with Gasteiger partial charge in [-0.1, -0.05) is 127 Å². The second-order valence-electron chi connectivity index (χ2n) is 17.2. The van der Waals surface area contributed by atoms with E-state index in [4.69, 9.17) is 0 Å². The molecule has 14 aromatic rings. The average Bonchev–Trinajstić information content (AvgIpc) is 4.12. The summed E-state index contributed by atoms with van der Waals surface area (Å²) in [5.74, 6) is 0. The van der Waals surface area contributed by atoms with E-state index < -0.39 is 0 Å². The van der Waals surface area contributed by atoms with Crippen molar-refractivity contribution in [1.29, 1.82) is 5.26 Å². The lowest BCUT2D eigenvalue weighted by Crippen LogP contribution is -2.00. The van der Waals surface area contributed by atoms with Gasteiger partial charge < -0.3 is 13.7 Å². The lowest BCUT2D eigenvalue weighted by Gasteiger charge is -2.16. The largest absolute Gasteiger partial charge is 0.309 e. The zero-order valence-electron chi connectivity index (χ0n) is 35.5. The van der Waals surface area contributed by atoms with Gasteiger partial charge in [0, 0.05) is 69.6 Å². The third-order valence-corrected chi connectivity index (χ3v) is 14.7. The molecule has 5 heteroatoms. The van der Waals surface area contributed by atoms with E-state index in [2.05, 4.69) is 220 Å². The molecule has 0 fully saturated rings. The van der Waals surface area contributed by atoms with Crippen LogP contribution in [0.5, 0.6) is 0 Å². The van der Waals surface area contributed by atoms with Crippen LogP contribution >= 0.6 is 11.3 Å². The first-order valence-corrected chi connectivity index (χ1v) is 23.1. The summed E-state index contributed by atoms with van der Waals surface area (Å²) in [6, 6.07) is 81.5. The predicted molar refractivity (Wildman–Crippen MR) is 278 cm³/mol. The normalized spacial score (nSPS) is 11.9. The Bertz CT molecular complexity index is 4360. The van der Waals surface area contributed by atoms with Crippen molar-refractivity contribution in [3.05, 3.63) is 224 Å². The highest BCUT2D eigenvalue weighted by Gasteiger charge is 2.23. The van der Waals surface area contributed by atoms with Gasteiger partial charge in [0.25, 0.3) is 0 Å². The van der Waals surface area contributed by atoms with E-state index >= 15 is 0 Å². The van der Waals surface area contributed by atoms with Gasteiger partial charge in [0.2, 0.25) is 0 Å². The van der Waals surface area contributed by atoms with E-state index in [9.17, 15) is 5.26 Å². The number of hydrogen-bond donors (Lipinski definition) is 0. The fraction of sp³-hybridized carbons (Fsp3) is 0. The van der Waals surface area contributed by atoms with E-state index in [0.717, 1.165) is 55.9 Å². The molecular weight excluding hydrogens is 821 g/mol. The van der Waals surface area contributed by atoms with Gasteiger partial charge in [0.05, 0.1) is 44.7 Å². The summed E-state index contributed by atoms with van der Waals surface area (Å²) in [6.07, 6.45) is 0. The SMILES string of the molecule is N#Cc1cccc(-c2cccc(-c3cc(-n4c5ccccc5c5cc6c(cc54)sc4ccccc46)cc(-n4c5ccccc5c5c4ccc4c6ccccc6n(-c6ccccc6)c45)c3)c2)c1. The van der Waals surface area contributed by atoms with Crippen LogP contribution in [-0.4, -0.2) is 13.7 Å². The van der Waals surface area contributed by atoms with E-state index in [1.54, 1.807) is 0 Å². The van der Waals surface area contributed by atoms with Crippen LogP contribution in [0.1, 0.15) is 5.56 Å². The lowest BCUT2D eigenvalue weighted by atomic mass is 9.97. The van der Waals surface area contributed by atoms with Crippen LogP contribution in [0.25, 0.3) is 125 Å². The van der Waals surface area contributed by atoms with Crippen molar-refractivity contribution < 1.29 is 0 Å². The Morgan fingerprint density at radius 3 is 1.67 bits per heavy atom. The van der Waals surface area contributed by atoms with E-state index in [0.29, 0.717) is 5.56 Å². The maximum Gasteiger partial charge on any atom is 0.0991 e. The summed E-state index contributed by atoms with van der Waals surface area (Å²) in [4.78, 5) is 0. The summed E-state index contributed by atoms with van der Waals surface area (Å²) < 4.78 is 9.97. The molecule has 0 spiro atoms. The molecule has 4 aromatic heterocycles. The number of rotatable bonds is 5. The summed E-state index contributed by atoms with van der Waals surface area (Å²) in [5.41, 5.74) is 15.2. The van der Waals surface area contributed by atoms with Crippen LogP contribution in [0.2, 0.25) is 0 Å². The van der Waals surface area contributed by atoms with E-state index in [-0.39, 0.29) is 0 Å². The molecule has 0 amide bonds. The van der Waals surface area contributed by atoms with Gasteiger partial charge in [0.15, 0.2) is 0 Å². The zero-order valence-corrected chi connectivity index (χ0v) is 36.3. The zero-order chi connectivity index (χ0) is 43.5. The Balaban J connectivity index is 1.10. The smallest absolute Gasteiger partial charge is 0.0991 e.